The highest BCUT2D eigenvalue weighted by molar-refractivity contribution is 6.02. The first-order chi connectivity index (χ1) is 9.88. The van der Waals surface area contributed by atoms with Gasteiger partial charge in [0.2, 0.25) is 0 Å². The molecule has 0 radical (unpaired) electrons. The maximum atomic E-state index is 11.4. The van der Waals surface area contributed by atoms with Crippen LogP contribution in [0.15, 0.2) is 36.4 Å². The van der Waals surface area contributed by atoms with E-state index >= 15 is 0 Å². The number of imide groups is 1. The Bertz CT molecular complexity index is 547. The van der Waals surface area contributed by atoms with E-state index in [1.165, 1.54) is 5.56 Å². The topological polar surface area (TPSA) is 98.5 Å². The van der Waals surface area contributed by atoms with Crippen LogP contribution in [0, 0.1) is 0 Å². The summed E-state index contributed by atoms with van der Waals surface area (Å²) in [6, 6.07) is 6.73. The maximum Gasteiger partial charge on any atom is 0.331 e. The van der Waals surface area contributed by atoms with Crippen LogP contribution in [0.4, 0.5) is 4.79 Å². The molecule has 1 rings (SSSR count). The summed E-state index contributed by atoms with van der Waals surface area (Å²) in [5.41, 5.74) is 6.80. The fourth-order valence-electron chi connectivity index (χ4n) is 1.51. The third kappa shape index (κ3) is 6.38. The first kappa shape index (κ1) is 16.4. The van der Waals surface area contributed by atoms with Gasteiger partial charge in [-0.25, -0.2) is 9.59 Å². The van der Waals surface area contributed by atoms with Gasteiger partial charge in [-0.2, -0.15) is 0 Å². The van der Waals surface area contributed by atoms with E-state index in [1.807, 2.05) is 24.3 Å². The number of hydrogen-bond donors (Lipinski definition) is 2. The van der Waals surface area contributed by atoms with Crippen molar-refractivity contribution in [2.75, 3.05) is 0 Å². The predicted molar refractivity (Wildman–Crippen MR) is 77.2 cm³/mol. The Labute approximate surface area is 123 Å². The summed E-state index contributed by atoms with van der Waals surface area (Å²) in [7, 11) is 0. The van der Waals surface area contributed by atoms with Crippen molar-refractivity contribution in [2.45, 2.75) is 26.4 Å². The highest BCUT2D eigenvalue weighted by Gasteiger charge is 2.03. The van der Waals surface area contributed by atoms with Crippen LogP contribution in [-0.2, 0) is 20.9 Å². The van der Waals surface area contributed by atoms with E-state index in [4.69, 9.17) is 10.5 Å². The van der Waals surface area contributed by atoms with Gasteiger partial charge in [-0.05, 0) is 17.0 Å². The SMILES string of the molecule is CC(C)c1ccc(COC(=O)/C=C\C(=O)NC(N)=O)cc1. The Morgan fingerprint density at radius 1 is 1.19 bits per heavy atom. The standard InChI is InChI=1S/C15H18N2O4/c1-10(2)12-5-3-11(4-6-12)9-21-14(19)8-7-13(18)17-15(16)20/h3-8,10H,9H2,1-2H3,(H3,16,17,18,20)/b8-7-. The normalized spacial score (nSPS) is 10.6. The van der Waals surface area contributed by atoms with Crippen molar-refractivity contribution in [1.29, 1.82) is 0 Å². The van der Waals surface area contributed by atoms with Gasteiger partial charge in [0, 0.05) is 12.2 Å². The van der Waals surface area contributed by atoms with Gasteiger partial charge in [-0.15, -0.1) is 0 Å². The molecule has 0 saturated carbocycles. The van der Waals surface area contributed by atoms with Crippen LogP contribution < -0.4 is 11.1 Å². The van der Waals surface area contributed by atoms with E-state index in [1.54, 1.807) is 5.32 Å². The highest BCUT2D eigenvalue weighted by atomic mass is 16.5. The van der Waals surface area contributed by atoms with Crippen molar-refractivity contribution in [3.63, 3.8) is 0 Å². The summed E-state index contributed by atoms with van der Waals surface area (Å²) in [6.45, 7) is 4.30. The Morgan fingerprint density at radius 2 is 1.81 bits per heavy atom. The molecular weight excluding hydrogens is 272 g/mol. The average Bonchev–Trinajstić information content (AvgIpc) is 2.42. The molecule has 3 amide bonds. The second kappa shape index (κ2) is 7.84. The molecule has 1 aromatic rings. The number of rotatable bonds is 5. The Balaban J connectivity index is 2.44. The lowest BCUT2D eigenvalue weighted by atomic mass is 10.0. The number of carbonyl (C=O) groups excluding carboxylic acids is 3. The largest absolute Gasteiger partial charge is 0.458 e. The van der Waals surface area contributed by atoms with Crippen LogP contribution in [0.5, 0.6) is 0 Å². The number of primary amides is 1. The summed E-state index contributed by atoms with van der Waals surface area (Å²) in [5.74, 6) is -1.02. The van der Waals surface area contributed by atoms with Crippen LogP contribution in [0.3, 0.4) is 0 Å². The van der Waals surface area contributed by atoms with E-state index in [9.17, 15) is 14.4 Å². The van der Waals surface area contributed by atoms with Crippen molar-refractivity contribution >= 4 is 17.9 Å². The molecule has 0 aliphatic heterocycles. The number of nitrogens with two attached hydrogens (primary N) is 1. The predicted octanol–water partition coefficient (Wildman–Crippen LogP) is 1.60. The zero-order valence-corrected chi connectivity index (χ0v) is 12.0. The maximum absolute atomic E-state index is 11.4. The molecule has 21 heavy (non-hydrogen) atoms. The Kier molecular flexibility index (Phi) is 6.13. The fourth-order valence-corrected chi connectivity index (χ4v) is 1.51. The number of nitrogens with one attached hydrogen (secondary N) is 1. The Morgan fingerprint density at radius 3 is 2.33 bits per heavy atom. The lowest BCUT2D eigenvalue weighted by Gasteiger charge is -2.07. The fraction of sp³-hybridized carbons (Fsp3) is 0.267. The molecule has 0 bridgehead atoms. The van der Waals surface area contributed by atoms with E-state index < -0.39 is 17.9 Å². The van der Waals surface area contributed by atoms with Crippen molar-refractivity contribution in [1.82, 2.24) is 5.32 Å². The molecule has 0 atom stereocenters. The summed E-state index contributed by atoms with van der Waals surface area (Å²) < 4.78 is 4.96. The van der Waals surface area contributed by atoms with Gasteiger partial charge in [0.25, 0.3) is 5.91 Å². The van der Waals surface area contributed by atoms with Gasteiger partial charge in [-0.3, -0.25) is 10.1 Å². The van der Waals surface area contributed by atoms with E-state index in [2.05, 4.69) is 13.8 Å². The van der Waals surface area contributed by atoms with Gasteiger partial charge in [0.15, 0.2) is 0 Å². The van der Waals surface area contributed by atoms with Gasteiger partial charge >= 0.3 is 12.0 Å². The smallest absolute Gasteiger partial charge is 0.331 e. The van der Waals surface area contributed by atoms with Crippen LogP contribution in [0.25, 0.3) is 0 Å². The van der Waals surface area contributed by atoms with Crippen molar-refractivity contribution in [2.24, 2.45) is 5.73 Å². The zero-order chi connectivity index (χ0) is 15.8. The van der Waals surface area contributed by atoms with Gasteiger partial charge < -0.3 is 10.5 Å². The molecule has 0 saturated heterocycles. The third-order valence-corrected chi connectivity index (χ3v) is 2.64. The quantitative estimate of drug-likeness (QED) is 0.635. The van der Waals surface area contributed by atoms with Crippen LogP contribution >= 0.6 is 0 Å². The van der Waals surface area contributed by atoms with E-state index in [-0.39, 0.29) is 6.61 Å². The first-order valence-electron chi connectivity index (χ1n) is 6.42. The minimum Gasteiger partial charge on any atom is -0.458 e. The van der Waals surface area contributed by atoms with Gasteiger partial charge in [0.1, 0.15) is 6.61 Å². The van der Waals surface area contributed by atoms with Gasteiger partial charge in [-0.1, -0.05) is 38.1 Å². The van der Waals surface area contributed by atoms with Crippen molar-refractivity contribution in [3.8, 4) is 0 Å². The second-order valence-electron chi connectivity index (χ2n) is 4.69. The Hall–Kier alpha value is -2.63. The number of urea groups is 1. The molecule has 6 nitrogen and oxygen atoms in total. The van der Waals surface area contributed by atoms with Crippen LogP contribution in [0.1, 0.15) is 30.9 Å². The summed E-state index contributed by atoms with van der Waals surface area (Å²) >= 11 is 0. The zero-order valence-electron chi connectivity index (χ0n) is 12.0. The minimum absolute atomic E-state index is 0.110. The van der Waals surface area contributed by atoms with E-state index in [0.29, 0.717) is 5.92 Å². The second-order valence-corrected chi connectivity index (χ2v) is 4.69. The van der Waals surface area contributed by atoms with E-state index in [0.717, 1.165) is 17.7 Å². The summed E-state index contributed by atoms with van der Waals surface area (Å²) in [4.78, 5) is 32.8. The third-order valence-electron chi connectivity index (χ3n) is 2.64. The van der Waals surface area contributed by atoms with Crippen LogP contribution in [-0.4, -0.2) is 17.9 Å². The average molecular weight is 290 g/mol. The number of benzene rings is 1. The molecule has 3 N–H and O–H groups in total. The molecule has 0 fully saturated rings. The minimum atomic E-state index is -0.983. The highest BCUT2D eigenvalue weighted by Crippen LogP contribution is 2.15. The molecular formula is C15H18N2O4. The van der Waals surface area contributed by atoms with Crippen molar-refractivity contribution in [3.05, 3.63) is 47.5 Å². The molecule has 112 valence electrons. The van der Waals surface area contributed by atoms with Crippen LogP contribution in [0.2, 0.25) is 0 Å². The molecule has 1 aromatic carbocycles. The number of hydrogen-bond acceptors (Lipinski definition) is 4. The number of esters is 1. The lowest BCUT2D eigenvalue weighted by molar-refractivity contribution is -0.139. The summed E-state index contributed by atoms with van der Waals surface area (Å²) in [6.07, 6.45) is 1.82. The molecule has 0 spiro atoms. The molecule has 0 aromatic heterocycles. The number of carbonyl (C=O) groups is 3. The number of amides is 3. The molecule has 0 aliphatic carbocycles. The number of ether oxygens (including phenoxy) is 1. The van der Waals surface area contributed by atoms with Gasteiger partial charge in [0.05, 0.1) is 0 Å². The van der Waals surface area contributed by atoms with Crippen molar-refractivity contribution < 1.29 is 19.1 Å². The monoisotopic (exact) mass is 290 g/mol. The molecule has 0 heterocycles. The first-order valence-corrected chi connectivity index (χ1v) is 6.42. The lowest BCUT2D eigenvalue weighted by Crippen LogP contribution is -2.33. The molecule has 0 unspecified atom stereocenters. The summed E-state index contributed by atoms with van der Waals surface area (Å²) in [5, 5.41) is 1.79. The molecule has 0 aliphatic rings. The molecule has 6 heteroatoms.